The van der Waals surface area contributed by atoms with Crippen molar-refractivity contribution in [1.82, 2.24) is 10.3 Å². The molecule has 1 fully saturated rings. The third kappa shape index (κ3) is 4.64. The van der Waals surface area contributed by atoms with E-state index >= 15 is 0 Å². The summed E-state index contributed by atoms with van der Waals surface area (Å²) in [5.41, 5.74) is -4.55. The minimum atomic E-state index is -4.57. The molecule has 0 aliphatic carbocycles. The van der Waals surface area contributed by atoms with Gasteiger partial charge in [0, 0.05) is 30.1 Å². The molecule has 1 aromatic carbocycles. The van der Waals surface area contributed by atoms with Crippen molar-refractivity contribution in [3.63, 3.8) is 0 Å². The largest absolute Gasteiger partial charge is 0.447 e. The van der Waals surface area contributed by atoms with Crippen LogP contribution in [-0.2, 0) is 15.0 Å². The molecular formula is C20H18F3N3O3S. The van der Waals surface area contributed by atoms with Crippen LogP contribution in [0.3, 0.4) is 0 Å². The molecular weight excluding hydrogens is 419 g/mol. The van der Waals surface area contributed by atoms with Crippen molar-refractivity contribution in [3.8, 4) is 0 Å². The highest BCUT2D eigenvalue weighted by molar-refractivity contribution is 8.00. The first-order chi connectivity index (χ1) is 14.1. The number of imide groups is 1. The molecule has 10 heteroatoms. The number of thioether (sulfide) groups is 1. The zero-order valence-corrected chi connectivity index (χ0v) is 16.7. The van der Waals surface area contributed by atoms with Crippen molar-refractivity contribution in [2.24, 2.45) is 0 Å². The number of piperidine rings is 1. The molecule has 1 aliphatic heterocycles. The predicted molar refractivity (Wildman–Crippen MR) is 105 cm³/mol. The van der Waals surface area contributed by atoms with Crippen LogP contribution in [0.5, 0.6) is 0 Å². The molecule has 3 amide bonds. The standard InChI is InChI=1S/C20H18F3N3O3S/c1-2-19(10-9-15(27)26-18(19)29)12-5-7-13(8-6-12)25-16(28)14-4-3-11-24-17(14)30-20(21,22)23/h3-8,11H,2,9-10H2,1H3,(H,25,28)(H,26,27,29). The number of rotatable bonds is 5. The van der Waals surface area contributed by atoms with E-state index in [1.165, 1.54) is 18.3 Å². The van der Waals surface area contributed by atoms with Gasteiger partial charge in [0.25, 0.3) is 5.91 Å². The van der Waals surface area contributed by atoms with Crippen LogP contribution in [0.4, 0.5) is 18.9 Å². The normalized spacial score (nSPS) is 19.3. The summed E-state index contributed by atoms with van der Waals surface area (Å²) >= 11 is -0.454. The molecule has 0 spiro atoms. The molecule has 0 saturated carbocycles. The second-order valence-corrected chi connectivity index (χ2v) is 7.80. The lowest BCUT2D eigenvalue weighted by molar-refractivity contribution is -0.138. The number of nitrogens with zero attached hydrogens (tertiary/aromatic N) is 1. The topological polar surface area (TPSA) is 88.2 Å². The van der Waals surface area contributed by atoms with E-state index in [0.29, 0.717) is 24.1 Å². The van der Waals surface area contributed by atoms with Crippen LogP contribution in [0.15, 0.2) is 47.6 Å². The average molecular weight is 437 g/mol. The molecule has 1 aliphatic rings. The first-order valence-electron chi connectivity index (χ1n) is 9.11. The second-order valence-electron chi connectivity index (χ2n) is 6.75. The molecule has 158 valence electrons. The number of carbonyl (C=O) groups is 3. The molecule has 0 radical (unpaired) electrons. The molecule has 6 nitrogen and oxygen atoms in total. The van der Waals surface area contributed by atoms with Crippen molar-refractivity contribution >= 4 is 35.2 Å². The summed E-state index contributed by atoms with van der Waals surface area (Å²) in [6.45, 7) is 1.85. The van der Waals surface area contributed by atoms with Crippen LogP contribution >= 0.6 is 11.8 Å². The van der Waals surface area contributed by atoms with Crippen molar-refractivity contribution in [3.05, 3.63) is 53.7 Å². The Morgan fingerprint density at radius 3 is 2.53 bits per heavy atom. The minimum absolute atomic E-state index is 0.195. The van der Waals surface area contributed by atoms with Gasteiger partial charge in [-0.05, 0) is 42.7 Å². The smallest absolute Gasteiger partial charge is 0.322 e. The Hall–Kier alpha value is -2.88. The Bertz CT molecular complexity index is 979. The van der Waals surface area contributed by atoms with Crippen LogP contribution in [0.25, 0.3) is 0 Å². The Morgan fingerprint density at radius 1 is 1.23 bits per heavy atom. The number of benzene rings is 1. The second kappa shape index (κ2) is 8.47. The number of pyridine rings is 1. The third-order valence-electron chi connectivity index (χ3n) is 4.99. The van der Waals surface area contributed by atoms with Gasteiger partial charge >= 0.3 is 5.51 Å². The number of aromatic nitrogens is 1. The number of carbonyl (C=O) groups excluding carboxylic acids is 3. The summed E-state index contributed by atoms with van der Waals surface area (Å²) in [7, 11) is 0. The average Bonchev–Trinajstić information content (AvgIpc) is 2.68. The van der Waals surface area contributed by atoms with Crippen molar-refractivity contribution in [1.29, 1.82) is 0 Å². The highest BCUT2D eigenvalue weighted by Gasteiger charge is 2.42. The number of halogens is 3. The molecule has 0 bridgehead atoms. The number of hydrogen-bond donors (Lipinski definition) is 2. The van der Waals surface area contributed by atoms with E-state index in [0.717, 1.165) is 0 Å². The van der Waals surface area contributed by atoms with Crippen LogP contribution in [0.2, 0.25) is 0 Å². The summed E-state index contributed by atoms with van der Waals surface area (Å²) < 4.78 is 38.1. The molecule has 2 heterocycles. The van der Waals surface area contributed by atoms with E-state index in [1.807, 2.05) is 6.92 Å². The maximum atomic E-state index is 12.7. The van der Waals surface area contributed by atoms with E-state index in [2.05, 4.69) is 15.6 Å². The third-order valence-corrected chi connectivity index (χ3v) is 5.74. The number of alkyl halides is 3. The first kappa shape index (κ1) is 21.8. The molecule has 2 N–H and O–H groups in total. The summed E-state index contributed by atoms with van der Waals surface area (Å²) in [4.78, 5) is 40.1. The molecule has 30 heavy (non-hydrogen) atoms. The number of anilines is 1. The molecule has 2 aromatic rings. The lowest BCUT2D eigenvalue weighted by Crippen LogP contribution is -2.51. The Labute approximate surface area is 174 Å². The zero-order valence-electron chi connectivity index (χ0n) is 15.9. The fourth-order valence-corrected chi connectivity index (χ4v) is 4.00. The van der Waals surface area contributed by atoms with Crippen LogP contribution in [-0.4, -0.2) is 28.2 Å². The van der Waals surface area contributed by atoms with Gasteiger partial charge in [0.2, 0.25) is 11.8 Å². The van der Waals surface area contributed by atoms with Crippen molar-refractivity contribution in [2.45, 2.75) is 42.1 Å². The fraction of sp³-hybridized carbons (Fsp3) is 0.300. The van der Waals surface area contributed by atoms with Crippen LogP contribution in [0, 0.1) is 0 Å². The highest BCUT2D eigenvalue weighted by atomic mass is 32.2. The maximum Gasteiger partial charge on any atom is 0.447 e. The van der Waals surface area contributed by atoms with E-state index in [-0.39, 0.29) is 23.8 Å². The van der Waals surface area contributed by atoms with Gasteiger partial charge in [0.1, 0.15) is 5.03 Å². The summed E-state index contributed by atoms with van der Waals surface area (Å²) in [5, 5.41) is 4.48. The van der Waals surface area contributed by atoms with Gasteiger partial charge in [-0.15, -0.1) is 0 Å². The van der Waals surface area contributed by atoms with Gasteiger partial charge in [-0.1, -0.05) is 19.1 Å². The van der Waals surface area contributed by atoms with Crippen LogP contribution in [0.1, 0.15) is 42.1 Å². The van der Waals surface area contributed by atoms with Gasteiger partial charge in [-0.25, -0.2) is 4.98 Å². The van der Waals surface area contributed by atoms with Gasteiger partial charge in [0.15, 0.2) is 0 Å². The quantitative estimate of drug-likeness (QED) is 0.545. The highest BCUT2D eigenvalue weighted by Crippen LogP contribution is 2.38. The summed E-state index contributed by atoms with van der Waals surface area (Å²) in [6.07, 6.45) is 2.29. The Morgan fingerprint density at radius 2 is 1.93 bits per heavy atom. The van der Waals surface area contributed by atoms with E-state index in [1.54, 1.807) is 24.3 Å². The molecule has 1 atom stereocenters. The lowest BCUT2D eigenvalue weighted by atomic mass is 9.72. The summed E-state index contributed by atoms with van der Waals surface area (Å²) in [5.74, 6) is -1.40. The first-order valence-corrected chi connectivity index (χ1v) is 9.93. The van der Waals surface area contributed by atoms with Gasteiger partial charge < -0.3 is 5.32 Å². The number of hydrogen-bond acceptors (Lipinski definition) is 5. The molecule has 3 rings (SSSR count). The monoisotopic (exact) mass is 437 g/mol. The van der Waals surface area contributed by atoms with Crippen molar-refractivity contribution in [2.75, 3.05) is 5.32 Å². The molecule has 1 aromatic heterocycles. The number of amides is 3. The van der Waals surface area contributed by atoms with Crippen LogP contribution < -0.4 is 10.6 Å². The van der Waals surface area contributed by atoms with Gasteiger partial charge in [0.05, 0.1) is 11.0 Å². The predicted octanol–water partition coefficient (Wildman–Crippen LogP) is 4.03. The maximum absolute atomic E-state index is 12.7. The zero-order chi connectivity index (χ0) is 21.9. The van der Waals surface area contributed by atoms with E-state index in [9.17, 15) is 27.6 Å². The van der Waals surface area contributed by atoms with Gasteiger partial charge in [-0.3, -0.25) is 19.7 Å². The van der Waals surface area contributed by atoms with E-state index < -0.39 is 33.6 Å². The minimum Gasteiger partial charge on any atom is -0.322 e. The molecule has 1 saturated heterocycles. The van der Waals surface area contributed by atoms with E-state index in [4.69, 9.17) is 0 Å². The number of nitrogens with one attached hydrogen (secondary N) is 2. The Kier molecular flexibility index (Phi) is 6.16. The summed E-state index contributed by atoms with van der Waals surface area (Å²) in [6, 6.07) is 9.13. The fourth-order valence-electron chi connectivity index (χ4n) is 3.39. The van der Waals surface area contributed by atoms with Crippen molar-refractivity contribution < 1.29 is 27.6 Å². The lowest BCUT2D eigenvalue weighted by Gasteiger charge is -2.35. The SMILES string of the molecule is CCC1(c2ccc(NC(=O)c3cccnc3SC(F)(F)F)cc2)CCC(=O)NC1=O. The molecule has 1 unspecified atom stereocenters. The van der Waals surface area contributed by atoms with Gasteiger partial charge in [-0.2, -0.15) is 13.2 Å². The Balaban J connectivity index is 1.79.